The van der Waals surface area contributed by atoms with Gasteiger partial charge in [-0.2, -0.15) is 12.6 Å². The zero-order valence-corrected chi connectivity index (χ0v) is 7.58. The van der Waals surface area contributed by atoms with Gasteiger partial charge in [0, 0.05) is 6.20 Å². The third-order valence-electron chi connectivity index (χ3n) is 1.31. The molecular weight excluding hydrogens is 186 g/mol. The molecule has 0 aliphatic carbocycles. The van der Waals surface area contributed by atoms with Crippen LogP contribution in [0.5, 0.6) is 0 Å². The SMILES string of the molecule is O=C(O)c1ncccc1C#CCS. The first-order valence-electron chi connectivity index (χ1n) is 3.53. The molecule has 1 aromatic rings. The van der Waals surface area contributed by atoms with Crippen LogP contribution in [-0.2, 0) is 0 Å². The molecule has 0 aliphatic rings. The topological polar surface area (TPSA) is 50.2 Å². The highest BCUT2D eigenvalue weighted by Crippen LogP contribution is 2.02. The van der Waals surface area contributed by atoms with E-state index in [9.17, 15) is 4.79 Å². The van der Waals surface area contributed by atoms with E-state index in [-0.39, 0.29) is 5.69 Å². The molecule has 66 valence electrons. The quantitative estimate of drug-likeness (QED) is 0.518. The molecular formula is C9H7NO2S. The number of carboxylic acids is 1. The van der Waals surface area contributed by atoms with Crippen LogP contribution in [0.1, 0.15) is 16.1 Å². The minimum atomic E-state index is -1.07. The van der Waals surface area contributed by atoms with Crippen molar-refractivity contribution >= 4 is 18.6 Å². The van der Waals surface area contributed by atoms with Gasteiger partial charge in [-0.1, -0.05) is 11.8 Å². The van der Waals surface area contributed by atoms with E-state index in [1.807, 2.05) is 0 Å². The van der Waals surface area contributed by atoms with Crippen molar-refractivity contribution in [3.63, 3.8) is 0 Å². The van der Waals surface area contributed by atoms with Crippen molar-refractivity contribution in [1.29, 1.82) is 0 Å². The Bertz CT molecular complexity index is 379. The van der Waals surface area contributed by atoms with Crippen LogP contribution in [-0.4, -0.2) is 21.8 Å². The standard InChI is InChI=1S/C9H7NO2S/c11-9(12)8-7(4-2-6-13)3-1-5-10-8/h1,3,5,13H,6H2,(H,11,12). The van der Waals surface area contributed by atoms with Gasteiger partial charge in [0.25, 0.3) is 0 Å². The zero-order valence-electron chi connectivity index (χ0n) is 6.69. The highest BCUT2D eigenvalue weighted by atomic mass is 32.1. The van der Waals surface area contributed by atoms with E-state index in [0.29, 0.717) is 11.3 Å². The molecule has 0 saturated heterocycles. The molecule has 0 atom stereocenters. The molecule has 0 fully saturated rings. The van der Waals surface area contributed by atoms with Crippen molar-refractivity contribution in [2.75, 3.05) is 5.75 Å². The maximum atomic E-state index is 10.6. The van der Waals surface area contributed by atoms with Crippen LogP contribution in [0.15, 0.2) is 18.3 Å². The Morgan fingerprint density at radius 1 is 1.69 bits per heavy atom. The highest BCUT2D eigenvalue weighted by molar-refractivity contribution is 7.80. The van der Waals surface area contributed by atoms with Gasteiger partial charge in [-0.3, -0.25) is 0 Å². The van der Waals surface area contributed by atoms with Crippen LogP contribution < -0.4 is 0 Å². The van der Waals surface area contributed by atoms with Crippen molar-refractivity contribution in [2.45, 2.75) is 0 Å². The highest BCUT2D eigenvalue weighted by Gasteiger charge is 2.07. The molecule has 0 aliphatic heterocycles. The smallest absolute Gasteiger partial charge is 0.355 e. The average molecular weight is 193 g/mol. The summed E-state index contributed by atoms with van der Waals surface area (Å²) in [7, 11) is 0. The average Bonchev–Trinajstić information content (AvgIpc) is 2.15. The summed E-state index contributed by atoms with van der Waals surface area (Å²) < 4.78 is 0. The molecule has 1 N–H and O–H groups in total. The lowest BCUT2D eigenvalue weighted by Gasteiger charge is -1.95. The fourth-order valence-electron chi connectivity index (χ4n) is 0.811. The number of hydrogen-bond acceptors (Lipinski definition) is 3. The van der Waals surface area contributed by atoms with Gasteiger partial charge in [-0.05, 0) is 12.1 Å². The summed E-state index contributed by atoms with van der Waals surface area (Å²) in [5, 5.41) is 8.72. The second-order valence-corrected chi connectivity index (χ2v) is 2.48. The molecule has 1 heterocycles. The van der Waals surface area contributed by atoms with Crippen LogP contribution in [0.2, 0.25) is 0 Å². The largest absolute Gasteiger partial charge is 0.476 e. The first kappa shape index (κ1) is 9.62. The van der Waals surface area contributed by atoms with Crippen molar-refractivity contribution in [1.82, 2.24) is 4.98 Å². The van der Waals surface area contributed by atoms with Crippen LogP contribution in [0.25, 0.3) is 0 Å². The van der Waals surface area contributed by atoms with Gasteiger partial charge in [0.2, 0.25) is 0 Å². The van der Waals surface area contributed by atoms with Crippen LogP contribution >= 0.6 is 12.6 Å². The number of rotatable bonds is 1. The summed E-state index contributed by atoms with van der Waals surface area (Å²) in [5.41, 5.74) is 0.404. The normalized spacial score (nSPS) is 8.69. The molecule has 0 radical (unpaired) electrons. The summed E-state index contributed by atoms with van der Waals surface area (Å²) in [6.07, 6.45) is 1.43. The molecule has 0 bridgehead atoms. The molecule has 0 aromatic carbocycles. The Balaban J connectivity index is 3.12. The summed E-state index contributed by atoms with van der Waals surface area (Å²) in [6.45, 7) is 0. The van der Waals surface area contributed by atoms with Crippen molar-refractivity contribution < 1.29 is 9.90 Å². The fourth-order valence-corrected chi connectivity index (χ4v) is 0.890. The molecule has 4 heteroatoms. The number of nitrogens with zero attached hydrogens (tertiary/aromatic N) is 1. The number of thiol groups is 1. The van der Waals surface area contributed by atoms with Gasteiger partial charge < -0.3 is 5.11 Å². The Morgan fingerprint density at radius 3 is 3.08 bits per heavy atom. The first-order chi connectivity index (χ1) is 6.25. The lowest BCUT2D eigenvalue weighted by atomic mass is 10.2. The van der Waals surface area contributed by atoms with E-state index < -0.39 is 5.97 Å². The second-order valence-electron chi connectivity index (χ2n) is 2.16. The van der Waals surface area contributed by atoms with Crippen LogP contribution in [0.3, 0.4) is 0 Å². The van der Waals surface area contributed by atoms with Gasteiger partial charge in [0.05, 0.1) is 11.3 Å². The first-order valence-corrected chi connectivity index (χ1v) is 4.17. The Hall–Kier alpha value is -1.47. The number of pyridine rings is 1. The number of aromatic nitrogens is 1. The summed E-state index contributed by atoms with van der Waals surface area (Å²) in [4.78, 5) is 14.3. The fraction of sp³-hybridized carbons (Fsp3) is 0.111. The maximum absolute atomic E-state index is 10.6. The molecule has 3 nitrogen and oxygen atoms in total. The van der Waals surface area contributed by atoms with Crippen LogP contribution in [0.4, 0.5) is 0 Å². The molecule has 0 spiro atoms. The van der Waals surface area contributed by atoms with E-state index in [1.165, 1.54) is 6.20 Å². The van der Waals surface area contributed by atoms with Crippen molar-refractivity contribution in [3.05, 3.63) is 29.6 Å². The molecule has 1 aromatic heterocycles. The van der Waals surface area contributed by atoms with Crippen LogP contribution in [0, 0.1) is 11.8 Å². The predicted molar refractivity (Wildman–Crippen MR) is 51.9 cm³/mol. The Labute approximate surface area is 81.2 Å². The zero-order chi connectivity index (χ0) is 9.68. The van der Waals surface area contributed by atoms with Gasteiger partial charge >= 0.3 is 5.97 Å². The van der Waals surface area contributed by atoms with Gasteiger partial charge in [0.1, 0.15) is 0 Å². The Morgan fingerprint density at radius 2 is 2.46 bits per heavy atom. The Kier molecular flexibility index (Phi) is 3.35. The molecule has 0 amide bonds. The van der Waals surface area contributed by atoms with E-state index in [1.54, 1.807) is 12.1 Å². The number of aromatic carboxylic acids is 1. The van der Waals surface area contributed by atoms with E-state index in [0.717, 1.165) is 0 Å². The van der Waals surface area contributed by atoms with E-state index >= 15 is 0 Å². The number of carbonyl (C=O) groups is 1. The number of hydrogen-bond donors (Lipinski definition) is 2. The monoisotopic (exact) mass is 193 g/mol. The second kappa shape index (κ2) is 4.53. The third-order valence-corrected chi connectivity index (χ3v) is 1.47. The van der Waals surface area contributed by atoms with Gasteiger partial charge in [-0.15, -0.1) is 0 Å². The van der Waals surface area contributed by atoms with Gasteiger partial charge in [0.15, 0.2) is 5.69 Å². The lowest BCUT2D eigenvalue weighted by molar-refractivity contribution is 0.0690. The summed E-state index contributed by atoms with van der Waals surface area (Å²) in [5.74, 6) is 4.68. The van der Waals surface area contributed by atoms with E-state index in [4.69, 9.17) is 5.11 Å². The maximum Gasteiger partial charge on any atom is 0.355 e. The minimum absolute atomic E-state index is 0.0169. The molecule has 13 heavy (non-hydrogen) atoms. The molecule has 0 saturated carbocycles. The number of carboxylic acid groups (broad SMARTS) is 1. The minimum Gasteiger partial charge on any atom is -0.476 e. The predicted octanol–water partition coefficient (Wildman–Crippen LogP) is 1.06. The van der Waals surface area contributed by atoms with Crippen molar-refractivity contribution in [2.24, 2.45) is 0 Å². The van der Waals surface area contributed by atoms with E-state index in [2.05, 4.69) is 29.5 Å². The molecule has 0 unspecified atom stereocenters. The summed E-state index contributed by atoms with van der Waals surface area (Å²) >= 11 is 3.90. The van der Waals surface area contributed by atoms with Gasteiger partial charge in [-0.25, -0.2) is 9.78 Å². The third kappa shape index (κ3) is 2.49. The summed E-state index contributed by atoms with van der Waals surface area (Å²) in [6, 6.07) is 3.27. The van der Waals surface area contributed by atoms with Crippen molar-refractivity contribution in [3.8, 4) is 11.8 Å². The molecule has 1 rings (SSSR count). The lowest BCUT2D eigenvalue weighted by Crippen LogP contribution is -2.02.